The zero-order valence-electron chi connectivity index (χ0n) is 30.6. The second kappa shape index (κ2) is 19.4. The predicted octanol–water partition coefficient (Wildman–Crippen LogP) is -0.140. The first-order chi connectivity index (χ1) is 24.2. The number of carbonyl (C=O) groups is 5. The van der Waals surface area contributed by atoms with E-state index >= 15 is 0 Å². The molecule has 18 nitrogen and oxygen atoms in total. The molecule has 0 saturated carbocycles. The third kappa shape index (κ3) is 14.2. The molecule has 0 aliphatic carbocycles. The number of nitrogens with zero attached hydrogens (tertiary/aromatic N) is 1. The number of rotatable bonds is 17. The molecule has 0 aliphatic heterocycles. The van der Waals surface area contributed by atoms with Crippen molar-refractivity contribution in [3.8, 4) is 0 Å². The predicted molar refractivity (Wildman–Crippen MR) is 193 cm³/mol. The number of aliphatic imine (C=N–C) groups is 1. The third-order valence-corrected chi connectivity index (χ3v) is 7.39. The van der Waals surface area contributed by atoms with Crippen LogP contribution in [0, 0.1) is 12.8 Å². The summed E-state index contributed by atoms with van der Waals surface area (Å²) in [6.45, 7) is 10.8. The Morgan fingerprint density at radius 2 is 1.54 bits per heavy atom. The van der Waals surface area contributed by atoms with Crippen LogP contribution >= 0.6 is 0 Å². The standard InChI is InChI=1S/C34H52N8O10/c1-17(2)13-23(41-33(50)52-34(5,6)7)29(47)40-24(16-43)30(48)42-27(19(4)44)31(49)39-22(9-8-12-37-32(35)36)28(46)38-20-10-11-21-18(3)14-26(45)51-25(21)15-20/h10-11,14-15,17,19,22-24,27,43-44H,8-9,12-13,16H2,1-7H3,(H,38,46)(H,39,49)(H,40,47)(H,41,50)(H,42,48)(H4,35,36,37)/t19-,22+,23-,24+,27-/m1/s1. The van der Waals surface area contributed by atoms with Gasteiger partial charge in [-0.25, -0.2) is 9.59 Å². The second-order valence-corrected chi connectivity index (χ2v) is 13.8. The molecule has 18 heteroatoms. The van der Waals surface area contributed by atoms with E-state index in [2.05, 4.69) is 31.6 Å². The highest BCUT2D eigenvalue weighted by Crippen LogP contribution is 2.21. The van der Waals surface area contributed by atoms with Crippen molar-refractivity contribution in [3.63, 3.8) is 0 Å². The Hall–Kier alpha value is -5.23. The van der Waals surface area contributed by atoms with Gasteiger partial charge in [0.2, 0.25) is 23.6 Å². The normalized spacial score (nSPS) is 14.3. The van der Waals surface area contributed by atoms with Crippen molar-refractivity contribution >= 4 is 52.3 Å². The number of aryl methyl sites for hydroxylation is 1. The van der Waals surface area contributed by atoms with Crippen molar-refractivity contribution < 1.29 is 43.3 Å². The zero-order valence-corrected chi connectivity index (χ0v) is 30.6. The number of anilines is 1. The van der Waals surface area contributed by atoms with Gasteiger partial charge in [0.15, 0.2) is 5.96 Å². The molecule has 0 spiro atoms. The van der Waals surface area contributed by atoms with E-state index < -0.39 is 77.8 Å². The maximum absolute atomic E-state index is 13.5. The molecule has 11 N–H and O–H groups in total. The van der Waals surface area contributed by atoms with Gasteiger partial charge in [-0.1, -0.05) is 13.8 Å². The van der Waals surface area contributed by atoms with Gasteiger partial charge in [-0.3, -0.25) is 24.2 Å². The number of hydrogen-bond donors (Lipinski definition) is 9. The molecular weight excluding hydrogens is 680 g/mol. The largest absolute Gasteiger partial charge is 0.444 e. The topological polar surface area (TPSA) is 290 Å². The highest BCUT2D eigenvalue weighted by molar-refractivity contribution is 6.00. The molecule has 0 bridgehead atoms. The van der Waals surface area contributed by atoms with Crippen LogP contribution in [0.4, 0.5) is 10.5 Å². The Morgan fingerprint density at radius 1 is 0.904 bits per heavy atom. The van der Waals surface area contributed by atoms with Gasteiger partial charge in [-0.2, -0.15) is 0 Å². The molecular formula is C34H52N8O10. The van der Waals surface area contributed by atoms with Gasteiger partial charge in [-0.15, -0.1) is 0 Å². The van der Waals surface area contributed by atoms with Crippen molar-refractivity contribution in [2.75, 3.05) is 18.5 Å². The lowest BCUT2D eigenvalue weighted by Crippen LogP contribution is -2.61. The van der Waals surface area contributed by atoms with Gasteiger partial charge in [0.05, 0.1) is 12.7 Å². The lowest BCUT2D eigenvalue weighted by Gasteiger charge is -2.27. The van der Waals surface area contributed by atoms with Crippen molar-refractivity contribution in [1.29, 1.82) is 0 Å². The summed E-state index contributed by atoms with van der Waals surface area (Å²) in [6, 6.07) is 0.438. The number of carbonyl (C=O) groups excluding carboxylic acids is 5. The molecule has 0 fully saturated rings. The summed E-state index contributed by atoms with van der Waals surface area (Å²) in [7, 11) is 0. The summed E-state index contributed by atoms with van der Waals surface area (Å²) in [5.41, 5.74) is 10.5. The molecule has 0 unspecified atom stereocenters. The number of nitrogens with one attached hydrogen (secondary N) is 5. The van der Waals surface area contributed by atoms with E-state index in [-0.39, 0.29) is 49.0 Å². The molecule has 0 saturated heterocycles. The minimum atomic E-state index is -1.64. The number of aliphatic hydroxyl groups excluding tert-OH is 2. The van der Waals surface area contributed by atoms with E-state index in [0.717, 1.165) is 0 Å². The number of fused-ring (bicyclic) bond motifs is 1. The summed E-state index contributed by atoms with van der Waals surface area (Å²) < 4.78 is 10.5. The molecule has 2 rings (SSSR count). The quantitative estimate of drug-likeness (QED) is 0.0445. The maximum Gasteiger partial charge on any atom is 0.408 e. The zero-order chi connectivity index (χ0) is 39.3. The fourth-order valence-electron chi connectivity index (χ4n) is 4.94. The molecule has 5 atom stereocenters. The van der Waals surface area contributed by atoms with Crippen LogP contribution < -0.4 is 43.7 Å². The smallest absolute Gasteiger partial charge is 0.408 e. The van der Waals surface area contributed by atoms with Crippen LogP contribution in [0.15, 0.2) is 38.5 Å². The van der Waals surface area contributed by atoms with Crippen LogP contribution in [-0.4, -0.2) is 94.9 Å². The Balaban J connectivity index is 2.23. The summed E-state index contributed by atoms with van der Waals surface area (Å²) >= 11 is 0. The SMILES string of the molecule is Cc1cc(=O)oc2cc(NC(=O)[C@H](CCCN=C(N)N)NC(=O)[C@H](NC(=O)[C@H](CO)NC(=O)[C@@H](CC(C)C)NC(=O)OC(C)(C)C)[C@@H](C)O)ccc12. The van der Waals surface area contributed by atoms with E-state index in [9.17, 15) is 39.0 Å². The number of hydrogen-bond acceptors (Lipinski definition) is 11. The monoisotopic (exact) mass is 732 g/mol. The fraction of sp³-hybridized carbons (Fsp3) is 0.559. The average molecular weight is 733 g/mol. The van der Waals surface area contributed by atoms with Gasteiger partial charge >= 0.3 is 11.7 Å². The van der Waals surface area contributed by atoms with Crippen LogP contribution in [0.2, 0.25) is 0 Å². The van der Waals surface area contributed by atoms with E-state index in [0.29, 0.717) is 10.9 Å². The Kier molecular flexibility index (Phi) is 16.0. The molecule has 288 valence electrons. The summed E-state index contributed by atoms with van der Waals surface area (Å²) in [5.74, 6) is -3.70. The molecule has 1 aromatic heterocycles. The Bertz CT molecular complexity index is 1660. The van der Waals surface area contributed by atoms with E-state index in [1.165, 1.54) is 19.1 Å². The van der Waals surface area contributed by atoms with Crippen LogP contribution in [0.1, 0.15) is 66.4 Å². The molecule has 0 radical (unpaired) electrons. The van der Waals surface area contributed by atoms with Gasteiger partial charge in [0.1, 0.15) is 35.4 Å². The van der Waals surface area contributed by atoms with Crippen LogP contribution in [-0.2, 0) is 23.9 Å². The lowest BCUT2D eigenvalue weighted by molar-refractivity contribution is -0.136. The first kappa shape index (κ1) is 42.9. The highest BCUT2D eigenvalue weighted by atomic mass is 16.6. The molecule has 1 aromatic carbocycles. The first-order valence-corrected chi connectivity index (χ1v) is 16.8. The Labute approximate surface area is 301 Å². The first-order valence-electron chi connectivity index (χ1n) is 16.8. The van der Waals surface area contributed by atoms with Crippen LogP contribution in [0.5, 0.6) is 0 Å². The number of nitrogens with two attached hydrogens (primary N) is 2. The average Bonchev–Trinajstić information content (AvgIpc) is 3.01. The summed E-state index contributed by atoms with van der Waals surface area (Å²) in [6.07, 6.45) is -1.93. The summed E-state index contributed by atoms with van der Waals surface area (Å²) in [4.78, 5) is 81.5. The summed E-state index contributed by atoms with van der Waals surface area (Å²) in [5, 5.41) is 33.5. The highest BCUT2D eigenvalue weighted by Gasteiger charge is 2.34. The number of aliphatic hydroxyl groups is 2. The molecule has 5 amide bonds. The van der Waals surface area contributed by atoms with Crippen molar-refractivity contribution in [1.82, 2.24) is 21.3 Å². The molecule has 0 aliphatic rings. The van der Waals surface area contributed by atoms with Gasteiger partial charge < -0.3 is 57.4 Å². The van der Waals surface area contributed by atoms with Crippen molar-refractivity contribution in [3.05, 3.63) is 40.2 Å². The molecule has 52 heavy (non-hydrogen) atoms. The van der Waals surface area contributed by atoms with E-state index in [1.807, 2.05) is 13.8 Å². The second-order valence-electron chi connectivity index (χ2n) is 13.8. The minimum absolute atomic E-state index is 0.0216. The van der Waals surface area contributed by atoms with Crippen molar-refractivity contribution in [2.24, 2.45) is 22.4 Å². The fourth-order valence-corrected chi connectivity index (χ4v) is 4.94. The number of guanidine groups is 1. The van der Waals surface area contributed by atoms with Gasteiger partial charge in [-0.05, 0) is 77.5 Å². The number of benzene rings is 1. The van der Waals surface area contributed by atoms with E-state index in [4.69, 9.17) is 20.6 Å². The number of alkyl carbamates (subject to hydrolysis) is 1. The molecule has 1 heterocycles. The van der Waals surface area contributed by atoms with Gasteiger partial charge in [0.25, 0.3) is 0 Å². The third-order valence-electron chi connectivity index (χ3n) is 7.39. The van der Waals surface area contributed by atoms with Crippen LogP contribution in [0.25, 0.3) is 11.0 Å². The van der Waals surface area contributed by atoms with Crippen LogP contribution in [0.3, 0.4) is 0 Å². The number of amides is 5. The van der Waals surface area contributed by atoms with Crippen molar-refractivity contribution in [2.45, 2.75) is 104 Å². The van der Waals surface area contributed by atoms with E-state index in [1.54, 1.807) is 39.8 Å². The molecule has 2 aromatic rings. The van der Waals surface area contributed by atoms with Gasteiger partial charge in [0, 0.05) is 29.8 Å². The lowest BCUT2D eigenvalue weighted by atomic mass is 10.0. The number of ether oxygens (including phenoxy) is 1. The maximum atomic E-state index is 13.5. The minimum Gasteiger partial charge on any atom is -0.444 e. The Morgan fingerprint density at radius 3 is 2.12 bits per heavy atom.